The van der Waals surface area contributed by atoms with Gasteiger partial charge in [0.25, 0.3) is 0 Å². The zero-order valence-corrected chi connectivity index (χ0v) is 10.6. The van der Waals surface area contributed by atoms with Crippen molar-refractivity contribution < 1.29 is 8.42 Å². The van der Waals surface area contributed by atoms with Gasteiger partial charge in [-0.05, 0) is 23.8 Å². The number of halogens is 2. The normalized spacial score (nSPS) is 10.9. The lowest BCUT2D eigenvalue weighted by molar-refractivity contribution is 0.596. The van der Waals surface area contributed by atoms with Crippen LogP contribution >= 0.6 is 24.0 Å². The van der Waals surface area contributed by atoms with Crippen molar-refractivity contribution in [2.75, 3.05) is 5.75 Å². The fourth-order valence-corrected chi connectivity index (χ4v) is 2.49. The zero-order valence-electron chi connectivity index (χ0n) is 8.23. The summed E-state index contributed by atoms with van der Waals surface area (Å²) in [5.74, 6) is 0.0711. The molecule has 86 valence electrons. The first-order valence-corrected chi connectivity index (χ1v) is 6.25. The number of nitrogens with two attached hydrogens (primary N) is 1. The fraction of sp³-hybridized carbons (Fsp3) is 0.333. The van der Waals surface area contributed by atoms with Crippen LogP contribution in [0.25, 0.3) is 0 Å². The Balaban J connectivity index is 0.00000196. The van der Waals surface area contributed by atoms with Gasteiger partial charge < -0.3 is 5.73 Å². The van der Waals surface area contributed by atoms with Gasteiger partial charge in [-0.2, -0.15) is 0 Å². The Morgan fingerprint density at radius 2 is 2.00 bits per heavy atom. The van der Waals surface area contributed by atoms with Gasteiger partial charge >= 0.3 is 0 Å². The second-order valence-corrected chi connectivity index (χ2v) is 5.54. The first kappa shape index (κ1) is 14.7. The third-order valence-corrected chi connectivity index (χ3v) is 4.02. The highest BCUT2D eigenvalue weighted by molar-refractivity contribution is 7.91. The maximum absolute atomic E-state index is 11.6. The molecule has 1 rings (SSSR count). The lowest BCUT2D eigenvalue weighted by atomic mass is 10.2. The van der Waals surface area contributed by atoms with Crippen LogP contribution in [0.3, 0.4) is 0 Å². The predicted octanol–water partition coefficient (Wildman–Crippen LogP) is 2.01. The molecule has 1 aromatic carbocycles. The Morgan fingerprint density at radius 3 is 2.47 bits per heavy atom. The summed E-state index contributed by atoms with van der Waals surface area (Å²) in [6.45, 7) is 1.78. The van der Waals surface area contributed by atoms with E-state index in [0.717, 1.165) is 0 Å². The summed E-state index contributed by atoms with van der Waals surface area (Å²) in [5, 5.41) is 0.500. The van der Waals surface area contributed by atoms with Crippen LogP contribution in [0.4, 0.5) is 0 Å². The summed E-state index contributed by atoms with van der Waals surface area (Å²) in [5.41, 5.74) is 6.02. The van der Waals surface area contributed by atoms with Crippen molar-refractivity contribution >= 4 is 33.8 Å². The van der Waals surface area contributed by atoms with Gasteiger partial charge in [0.1, 0.15) is 0 Å². The monoisotopic (exact) mass is 269 g/mol. The van der Waals surface area contributed by atoms with Gasteiger partial charge in [0.2, 0.25) is 0 Å². The molecule has 0 spiro atoms. The summed E-state index contributed by atoms with van der Waals surface area (Å²) in [6.07, 6.45) is 0. The Kier molecular flexibility index (Phi) is 5.59. The third-order valence-electron chi connectivity index (χ3n) is 1.96. The Hall–Kier alpha value is -0.290. The summed E-state index contributed by atoms with van der Waals surface area (Å²) in [6, 6.07) is 4.65. The number of hydrogen-bond donors (Lipinski definition) is 1. The number of hydrogen-bond acceptors (Lipinski definition) is 3. The minimum atomic E-state index is -3.20. The van der Waals surface area contributed by atoms with Crippen LogP contribution < -0.4 is 5.73 Å². The summed E-state index contributed by atoms with van der Waals surface area (Å²) in [7, 11) is -3.20. The van der Waals surface area contributed by atoms with Crippen LogP contribution in [0, 0.1) is 0 Å². The third kappa shape index (κ3) is 3.34. The minimum absolute atomic E-state index is 0. The Bertz CT molecular complexity index is 432. The van der Waals surface area contributed by atoms with E-state index < -0.39 is 9.84 Å². The highest BCUT2D eigenvalue weighted by Gasteiger charge is 2.15. The molecule has 2 N–H and O–H groups in total. The predicted molar refractivity (Wildman–Crippen MR) is 64.3 cm³/mol. The number of sulfone groups is 1. The molecule has 0 saturated carbocycles. The summed E-state index contributed by atoms with van der Waals surface area (Å²) in [4.78, 5) is 0.284. The number of benzene rings is 1. The Morgan fingerprint density at radius 1 is 1.40 bits per heavy atom. The maximum Gasteiger partial charge on any atom is 0.178 e. The second kappa shape index (κ2) is 5.70. The van der Waals surface area contributed by atoms with E-state index in [1.54, 1.807) is 19.1 Å². The maximum atomic E-state index is 11.6. The molecule has 15 heavy (non-hydrogen) atoms. The van der Waals surface area contributed by atoms with E-state index in [0.29, 0.717) is 10.6 Å². The number of rotatable bonds is 3. The molecule has 0 unspecified atom stereocenters. The SMILES string of the molecule is CCS(=O)(=O)c1ccc(Cl)cc1CN.Cl. The first-order chi connectivity index (χ1) is 6.51. The average Bonchev–Trinajstić information content (AvgIpc) is 2.17. The largest absolute Gasteiger partial charge is 0.326 e. The van der Waals surface area contributed by atoms with Crippen molar-refractivity contribution in [2.24, 2.45) is 5.73 Å². The van der Waals surface area contributed by atoms with Gasteiger partial charge in [0, 0.05) is 11.6 Å². The van der Waals surface area contributed by atoms with Crippen molar-refractivity contribution in [1.82, 2.24) is 0 Å². The molecule has 0 aliphatic carbocycles. The average molecular weight is 270 g/mol. The van der Waals surface area contributed by atoms with Gasteiger partial charge in [0.15, 0.2) is 9.84 Å². The van der Waals surface area contributed by atoms with Crippen molar-refractivity contribution in [1.29, 1.82) is 0 Å². The standard InChI is InChI=1S/C9H12ClNO2S.ClH/c1-2-14(12,13)9-4-3-8(10)5-7(9)6-11;/h3-5H,2,6,11H2,1H3;1H. The van der Waals surface area contributed by atoms with Crippen molar-refractivity contribution in [3.05, 3.63) is 28.8 Å². The zero-order chi connectivity index (χ0) is 10.8. The molecule has 3 nitrogen and oxygen atoms in total. The van der Waals surface area contributed by atoms with Crippen molar-refractivity contribution in [3.8, 4) is 0 Å². The minimum Gasteiger partial charge on any atom is -0.326 e. The van der Waals surface area contributed by atoms with Crippen molar-refractivity contribution in [2.45, 2.75) is 18.4 Å². The smallest absolute Gasteiger partial charge is 0.178 e. The van der Waals surface area contributed by atoms with Gasteiger partial charge in [0.05, 0.1) is 10.6 Å². The molecule has 0 atom stereocenters. The highest BCUT2D eigenvalue weighted by Crippen LogP contribution is 2.20. The second-order valence-electron chi connectivity index (χ2n) is 2.86. The van der Waals surface area contributed by atoms with Gasteiger partial charge in [-0.15, -0.1) is 12.4 Å². The lowest BCUT2D eigenvalue weighted by Crippen LogP contribution is -2.09. The van der Waals surface area contributed by atoms with Gasteiger partial charge in [-0.25, -0.2) is 8.42 Å². The molecule has 0 radical (unpaired) electrons. The lowest BCUT2D eigenvalue weighted by Gasteiger charge is -2.07. The van der Waals surface area contributed by atoms with E-state index in [2.05, 4.69) is 0 Å². The molecule has 0 amide bonds. The summed E-state index contributed by atoms with van der Waals surface area (Å²) < 4.78 is 23.2. The molecule has 0 fully saturated rings. The molecule has 0 aliphatic heterocycles. The molecule has 0 heterocycles. The first-order valence-electron chi connectivity index (χ1n) is 4.22. The van der Waals surface area contributed by atoms with Crippen LogP contribution in [0.1, 0.15) is 12.5 Å². The van der Waals surface area contributed by atoms with E-state index in [1.807, 2.05) is 0 Å². The van der Waals surface area contributed by atoms with Crippen LogP contribution in [0.15, 0.2) is 23.1 Å². The molecule has 0 aromatic heterocycles. The summed E-state index contributed by atoms with van der Waals surface area (Å²) >= 11 is 5.74. The van der Waals surface area contributed by atoms with Crippen LogP contribution in [0.2, 0.25) is 5.02 Å². The Labute approximate surface area is 101 Å². The molecule has 0 bridgehead atoms. The molecule has 0 aliphatic rings. The van der Waals surface area contributed by atoms with Gasteiger partial charge in [-0.3, -0.25) is 0 Å². The van der Waals surface area contributed by atoms with Crippen LogP contribution in [-0.2, 0) is 16.4 Å². The van der Waals surface area contributed by atoms with Crippen molar-refractivity contribution in [3.63, 3.8) is 0 Å². The van der Waals surface area contributed by atoms with E-state index in [9.17, 15) is 8.42 Å². The van der Waals surface area contributed by atoms with Crippen LogP contribution in [0.5, 0.6) is 0 Å². The molecule has 0 saturated heterocycles. The molecular formula is C9H13Cl2NO2S. The highest BCUT2D eigenvalue weighted by atomic mass is 35.5. The fourth-order valence-electron chi connectivity index (χ4n) is 1.17. The molecule has 1 aromatic rings. The quantitative estimate of drug-likeness (QED) is 0.914. The van der Waals surface area contributed by atoms with E-state index in [1.165, 1.54) is 6.07 Å². The van der Waals surface area contributed by atoms with Crippen LogP contribution in [-0.4, -0.2) is 14.2 Å². The molecule has 6 heteroatoms. The topological polar surface area (TPSA) is 60.2 Å². The van der Waals surface area contributed by atoms with E-state index in [4.69, 9.17) is 17.3 Å². The van der Waals surface area contributed by atoms with E-state index >= 15 is 0 Å². The van der Waals surface area contributed by atoms with Gasteiger partial charge in [-0.1, -0.05) is 18.5 Å². The molecular weight excluding hydrogens is 257 g/mol. The van der Waals surface area contributed by atoms with E-state index in [-0.39, 0.29) is 29.6 Å².